The number of amides is 1. The highest BCUT2D eigenvalue weighted by molar-refractivity contribution is 6.08. The van der Waals surface area contributed by atoms with E-state index in [0.29, 0.717) is 18.3 Å². The smallest absolute Gasteiger partial charge is 0.237 e. The topological polar surface area (TPSA) is 58.1 Å². The Bertz CT molecular complexity index is 832. The lowest BCUT2D eigenvalue weighted by Gasteiger charge is -2.23. The molecule has 3 rings (SSSR count). The minimum atomic E-state index is 0.0579. The first kappa shape index (κ1) is 18.4. The molecule has 0 bridgehead atoms. The molecule has 2 aromatic rings. The van der Waals surface area contributed by atoms with E-state index in [2.05, 4.69) is 62.0 Å². The van der Waals surface area contributed by atoms with Crippen molar-refractivity contribution in [2.75, 3.05) is 10.2 Å². The van der Waals surface area contributed by atoms with Crippen LogP contribution >= 0.6 is 0 Å². The van der Waals surface area contributed by atoms with Crippen LogP contribution in [0.4, 0.5) is 17.3 Å². The Kier molecular flexibility index (Phi) is 4.99. The highest BCUT2D eigenvalue weighted by Crippen LogP contribution is 2.40. The van der Waals surface area contributed by atoms with Crippen LogP contribution in [-0.2, 0) is 11.2 Å². The Morgan fingerprint density at radius 1 is 1.08 bits per heavy atom. The van der Waals surface area contributed by atoms with Crippen molar-refractivity contribution in [2.24, 2.45) is 0 Å². The second kappa shape index (κ2) is 7.06. The van der Waals surface area contributed by atoms with Crippen molar-refractivity contribution >= 4 is 23.2 Å². The van der Waals surface area contributed by atoms with Crippen molar-refractivity contribution in [1.82, 2.24) is 9.97 Å². The van der Waals surface area contributed by atoms with Gasteiger partial charge in [0.2, 0.25) is 5.91 Å². The lowest BCUT2D eigenvalue weighted by molar-refractivity contribution is -0.116. The zero-order valence-electron chi connectivity index (χ0n) is 16.6. The predicted molar refractivity (Wildman–Crippen MR) is 106 cm³/mol. The van der Waals surface area contributed by atoms with E-state index in [1.807, 2.05) is 6.92 Å². The van der Waals surface area contributed by atoms with Crippen LogP contribution in [0, 0.1) is 27.7 Å². The van der Waals surface area contributed by atoms with Gasteiger partial charge in [0.05, 0.1) is 12.1 Å². The van der Waals surface area contributed by atoms with Gasteiger partial charge in [0.1, 0.15) is 17.5 Å². The van der Waals surface area contributed by atoms with E-state index < -0.39 is 0 Å². The summed E-state index contributed by atoms with van der Waals surface area (Å²) < 4.78 is 0. The Morgan fingerprint density at radius 2 is 1.69 bits per heavy atom. The number of aromatic nitrogens is 2. The van der Waals surface area contributed by atoms with Crippen molar-refractivity contribution in [3.63, 3.8) is 0 Å². The summed E-state index contributed by atoms with van der Waals surface area (Å²) in [4.78, 5) is 24.0. The van der Waals surface area contributed by atoms with Crippen molar-refractivity contribution in [1.29, 1.82) is 0 Å². The Morgan fingerprint density at radius 3 is 2.27 bits per heavy atom. The average molecular weight is 352 g/mol. The number of nitrogens with one attached hydrogen (secondary N) is 1. The molecule has 0 fully saturated rings. The molecule has 0 spiro atoms. The van der Waals surface area contributed by atoms with E-state index >= 15 is 0 Å². The third kappa shape index (κ3) is 3.18. The van der Waals surface area contributed by atoms with Gasteiger partial charge in [0, 0.05) is 11.6 Å². The van der Waals surface area contributed by atoms with Gasteiger partial charge in [0.25, 0.3) is 0 Å². The molecule has 1 N–H and O–H groups in total. The molecule has 0 aliphatic carbocycles. The number of hydrogen-bond acceptors (Lipinski definition) is 4. The van der Waals surface area contributed by atoms with E-state index in [1.165, 1.54) is 5.56 Å². The summed E-state index contributed by atoms with van der Waals surface area (Å²) >= 11 is 0. The highest BCUT2D eigenvalue weighted by atomic mass is 16.2. The number of hydrogen-bond donors (Lipinski definition) is 1. The number of fused-ring (bicyclic) bond motifs is 1. The number of benzene rings is 1. The molecule has 0 saturated heterocycles. The number of carbonyl (C=O) groups is 1. The van der Waals surface area contributed by atoms with Crippen LogP contribution in [-0.4, -0.2) is 21.9 Å². The van der Waals surface area contributed by atoms with Crippen molar-refractivity contribution in [2.45, 2.75) is 66.8 Å². The SMILES string of the molecule is CCC(CC)Nc1nc(C)nc2c1CC(=O)N2c1c(C)cc(C)cc1C. The summed E-state index contributed by atoms with van der Waals surface area (Å²) in [5.41, 5.74) is 5.24. The molecular weight excluding hydrogens is 324 g/mol. The zero-order valence-corrected chi connectivity index (χ0v) is 16.6. The molecule has 1 aliphatic heterocycles. The van der Waals surface area contributed by atoms with Gasteiger partial charge in [-0.2, -0.15) is 0 Å². The molecule has 1 aromatic heterocycles. The number of aryl methyl sites for hydroxylation is 4. The molecule has 5 nitrogen and oxygen atoms in total. The molecule has 26 heavy (non-hydrogen) atoms. The summed E-state index contributed by atoms with van der Waals surface area (Å²) in [5.74, 6) is 2.27. The maximum atomic E-state index is 12.9. The Labute approximate surface area is 155 Å². The van der Waals surface area contributed by atoms with E-state index in [4.69, 9.17) is 0 Å². The summed E-state index contributed by atoms with van der Waals surface area (Å²) in [6.45, 7) is 12.4. The molecule has 1 amide bonds. The van der Waals surface area contributed by atoms with E-state index in [9.17, 15) is 4.79 Å². The van der Waals surface area contributed by atoms with Crippen LogP contribution in [0.3, 0.4) is 0 Å². The fourth-order valence-electron chi connectivity index (χ4n) is 3.84. The maximum Gasteiger partial charge on any atom is 0.237 e. The van der Waals surface area contributed by atoms with Gasteiger partial charge in [-0.25, -0.2) is 9.97 Å². The lowest BCUT2D eigenvalue weighted by atomic mass is 10.0. The van der Waals surface area contributed by atoms with Gasteiger partial charge in [-0.15, -0.1) is 0 Å². The van der Waals surface area contributed by atoms with E-state index in [1.54, 1.807) is 4.90 Å². The predicted octanol–water partition coefficient (Wildman–Crippen LogP) is 4.53. The van der Waals surface area contributed by atoms with Crippen LogP contribution < -0.4 is 10.2 Å². The van der Waals surface area contributed by atoms with Crippen LogP contribution in [0.25, 0.3) is 0 Å². The fraction of sp³-hybridized carbons (Fsp3) is 0.476. The Hall–Kier alpha value is -2.43. The standard InChI is InChI=1S/C21H28N4O/c1-7-16(8-2)24-20-17-11-18(26)25(21(17)23-15(6)22-20)19-13(4)9-12(3)10-14(19)5/h9-10,16H,7-8,11H2,1-6H3,(H,22,23,24). The molecule has 0 unspecified atom stereocenters. The van der Waals surface area contributed by atoms with Crippen LogP contribution in [0.15, 0.2) is 12.1 Å². The molecular formula is C21H28N4O. The minimum absolute atomic E-state index is 0.0579. The largest absolute Gasteiger partial charge is 0.367 e. The van der Waals surface area contributed by atoms with Gasteiger partial charge in [-0.1, -0.05) is 31.5 Å². The van der Waals surface area contributed by atoms with Crippen LogP contribution in [0.5, 0.6) is 0 Å². The van der Waals surface area contributed by atoms with Crippen molar-refractivity contribution < 1.29 is 4.79 Å². The van der Waals surface area contributed by atoms with E-state index in [-0.39, 0.29) is 5.91 Å². The van der Waals surface area contributed by atoms with E-state index in [0.717, 1.165) is 46.9 Å². The second-order valence-corrected chi connectivity index (χ2v) is 7.23. The molecule has 1 aliphatic rings. The van der Waals surface area contributed by atoms with Crippen LogP contribution in [0.1, 0.15) is 54.8 Å². The number of nitrogens with zero attached hydrogens (tertiary/aromatic N) is 3. The van der Waals surface area contributed by atoms with Gasteiger partial charge in [-0.05, 0) is 51.7 Å². The molecule has 0 atom stereocenters. The number of rotatable bonds is 5. The normalized spacial score (nSPS) is 13.5. The average Bonchev–Trinajstić information content (AvgIpc) is 2.88. The number of anilines is 3. The number of carbonyl (C=O) groups excluding carboxylic acids is 1. The summed E-state index contributed by atoms with van der Waals surface area (Å²) in [7, 11) is 0. The lowest BCUT2D eigenvalue weighted by Crippen LogP contribution is -2.23. The first-order valence-corrected chi connectivity index (χ1v) is 9.40. The van der Waals surface area contributed by atoms with Gasteiger partial charge in [-0.3, -0.25) is 9.69 Å². The molecule has 0 saturated carbocycles. The van der Waals surface area contributed by atoms with Gasteiger partial charge in [0.15, 0.2) is 0 Å². The quantitative estimate of drug-likeness (QED) is 0.859. The third-order valence-electron chi connectivity index (χ3n) is 5.07. The molecule has 0 radical (unpaired) electrons. The van der Waals surface area contributed by atoms with Crippen LogP contribution in [0.2, 0.25) is 0 Å². The second-order valence-electron chi connectivity index (χ2n) is 7.23. The van der Waals surface area contributed by atoms with Gasteiger partial charge >= 0.3 is 0 Å². The molecule has 138 valence electrons. The molecule has 2 heterocycles. The summed E-state index contributed by atoms with van der Waals surface area (Å²) in [5, 5.41) is 3.52. The highest BCUT2D eigenvalue weighted by Gasteiger charge is 2.35. The first-order chi connectivity index (χ1) is 12.3. The first-order valence-electron chi connectivity index (χ1n) is 9.40. The van der Waals surface area contributed by atoms with Gasteiger partial charge < -0.3 is 5.32 Å². The molecule has 5 heteroatoms. The minimum Gasteiger partial charge on any atom is -0.367 e. The summed E-state index contributed by atoms with van der Waals surface area (Å²) in [6, 6.07) is 4.58. The Balaban J connectivity index is 2.13. The maximum absolute atomic E-state index is 12.9. The monoisotopic (exact) mass is 352 g/mol. The molecule has 1 aromatic carbocycles. The fourth-order valence-corrected chi connectivity index (χ4v) is 3.84. The zero-order chi connectivity index (χ0) is 19.0. The third-order valence-corrected chi connectivity index (χ3v) is 5.07. The van der Waals surface area contributed by atoms with Crippen molar-refractivity contribution in [3.05, 3.63) is 40.2 Å². The summed E-state index contributed by atoms with van der Waals surface area (Å²) in [6.07, 6.45) is 2.37. The van der Waals surface area contributed by atoms with Crippen molar-refractivity contribution in [3.8, 4) is 0 Å².